The zero-order valence-corrected chi connectivity index (χ0v) is 12.3. The highest BCUT2D eigenvalue weighted by molar-refractivity contribution is 5.91. The molecule has 0 aliphatic carbocycles. The minimum absolute atomic E-state index is 0.0110. The molecule has 1 aliphatic heterocycles. The lowest BCUT2D eigenvalue weighted by molar-refractivity contribution is -0.166. The molecule has 0 aromatic rings. The predicted molar refractivity (Wildman–Crippen MR) is 72.3 cm³/mol. The van der Waals surface area contributed by atoms with E-state index in [1.165, 1.54) is 0 Å². The number of carbonyl (C=O) groups excluding carboxylic acids is 4. The largest absolute Gasteiger partial charge is 0.460 e. The third-order valence-corrected chi connectivity index (χ3v) is 2.50. The Labute approximate surface area is 127 Å². The highest BCUT2D eigenvalue weighted by Crippen LogP contribution is 1.96. The van der Waals surface area contributed by atoms with Crippen LogP contribution in [0.3, 0.4) is 0 Å². The molecular weight excluding hydrogens is 296 g/mol. The first-order valence-corrected chi connectivity index (χ1v) is 6.61. The molecule has 2 N–H and O–H groups in total. The smallest absolute Gasteiger partial charge is 0.333 e. The fraction of sp³-hybridized carbons (Fsp3) is 0.538. The predicted octanol–water partition coefficient (Wildman–Crippen LogP) is -0.533. The van der Waals surface area contributed by atoms with E-state index in [9.17, 15) is 19.2 Å². The van der Waals surface area contributed by atoms with Gasteiger partial charge in [0.2, 0.25) is 6.79 Å². The van der Waals surface area contributed by atoms with Gasteiger partial charge in [-0.05, 0) is 0 Å². The first kappa shape index (κ1) is 17.5. The molecule has 9 nitrogen and oxygen atoms in total. The van der Waals surface area contributed by atoms with Gasteiger partial charge in [0, 0.05) is 18.7 Å². The number of urea groups is 1. The Hall–Kier alpha value is -2.58. The fourth-order valence-corrected chi connectivity index (χ4v) is 1.33. The third kappa shape index (κ3) is 6.73. The van der Waals surface area contributed by atoms with Crippen molar-refractivity contribution in [2.24, 2.45) is 5.92 Å². The Bertz CT molecular complexity index is 473. The summed E-state index contributed by atoms with van der Waals surface area (Å²) in [4.78, 5) is 44.5. The van der Waals surface area contributed by atoms with Gasteiger partial charge in [-0.15, -0.1) is 0 Å². The molecule has 1 heterocycles. The summed E-state index contributed by atoms with van der Waals surface area (Å²) in [5.74, 6) is -2.42. The number of ether oxygens (including phenoxy) is 3. The summed E-state index contributed by atoms with van der Waals surface area (Å²) < 4.78 is 14.0. The summed E-state index contributed by atoms with van der Waals surface area (Å²) >= 11 is 0. The Morgan fingerprint density at radius 1 is 1.18 bits per heavy atom. The minimum atomic E-state index is -0.843. The van der Waals surface area contributed by atoms with Gasteiger partial charge >= 0.3 is 23.9 Å². The van der Waals surface area contributed by atoms with Gasteiger partial charge in [-0.1, -0.05) is 13.8 Å². The normalized spacial score (nSPS) is 17.0. The summed E-state index contributed by atoms with van der Waals surface area (Å²) in [6, 6.07) is -0.622. The zero-order valence-electron chi connectivity index (χ0n) is 12.3. The molecule has 0 aromatic heterocycles. The number of hydrogen-bond acceptors (Lipinski definition) is 7. The van der Waals surface area contributed by atoms with Crippen LogP contribution in [0, 0.1) is 5.92 Å². The summed E-state index contributed by atoms with van der Waals surface area (Å²) in [5.41, 5.74) is 0. The monoisotopic (exact) mass is 314 g/mol. The second kappa shape index (κ2) is 8.65. The van der Waals surface area contributed by atoms with Gasteiger partial charge in [-0.2, -0.15) is 0 Å². The topological polar surface area (TPSA) is 120 Å². The number of rotatable bonds is 7. The van der Waals surface area contributed by atoms with Gasteiger partial charge in [0.25, 0.3) is 0 Å². The lowest BCUT2D eigenvalue weighted by Gasteiger charge is -2.08. The van der Waals surface area contributed by atoms with Crippen LogP contribution in [0.1, 0.15) is 13.8 Å². The Kier molecular flexibility index (Phi) is 6.87. The second-order valence-electron chi connectivity index (χ2n) is 4.71. The van der Waals surface area contributed by atoms with Crippen molar-refractivity contribution in [2.45, 2.75) is 19.9 Å². The van der Waals surface area contributed by atoms with Crippen molar-refractivity contribution in [1.29, 1.82) is 0 Å². The van der Waals surface area contributed by atoms with Crippen LogP contribution in [0.15, 0.2) is 12.2 Å². The second-order valence-corrected chi connectivity index (χ2v) is 4.71. The van der Waals surface area contributed by atoms with Crippen molar-refractivity contribution >= 4 is 23.9 Å². The van der Waals surface area contributed by atoms with Gasteiger partial charge < -0.3 is 24.8 Å². The molecule has 1 fully saturated rings. The lowest BCUT2D eigenvalue weighted by atomic mass is 10.2. The molecule has 22 heavy (non-hydrogen) atoms. The summed E-state index contributed by atoms with van der Waals surface area (Å²) in [6.45, 7) is 3.11. The number of hydrogen-bond donors (Lipinski definition) is 2. The zero-order chi connectivity index (χ0) is 16.5. The Morgan fingerprint density at radius 2 is 1.82 bits per heavy atom. The van der Waals surface area contributed by atoms with E-state index in [1.54, 1.807) is 13.8 Å². The maximum Gasteiger partial charge on any atom is 0.333 e. The van der Waals surface area contributed by atoms with E-state index in [0.717, 1.165) is 12.2 Å². The quantitative estimate of drug-likeness (QED) is 0.368. The number of nitrogens with one attached hydrogen (secondary N) is 2. The van der Waals surface area contributed by atoms with Crippen molar-refractivity contribution in [2.75, 3.05) is 19.9 Å². The van der Waals surface area contributed by atoms with Crippen LogP contribution in [-0.4, -0.2) is 49.9 Å². The number of carbonyl (C=O) groups is 4. The SMILES string of the molecule is CC(C)C(=O)OCOC(=O)/C=C/C(=O)OCC1CNC(=O)N1. The van der Waals surface area contributed by atoms with E-state index in [2.05, 4.69) is 20.1 Å². The van der Waals surface area contributed by atoms with Crippen molar-refractivity contribution in [3.8, 4) is 0 Å². The average Bonchev–Trinajstić information content (AvgIpc) is 2.88. The summed E-state index contributed by atoms with van der Waals surface area (Å²) in [5, 5.41) is 5.04. The van der Waals surface area contributed by atoms with E-state index in [-0.39, 0.29) is 24.6 Å². The minimum Gasteiger partial charge on any atom is -0.460 e. The maximum absolute atomic E-state index is 11.3. The van der Waals surface area contributed by atoms with Crippen LogP contribution in [0.5, 0.6) is 0 Å². The van der Waals surface area contributed by atoms with Gasteiger partial charge in [0.15, 0.2) is 0 Å². The van der Waals surface area contributed by atoms with E-state index in [0.29, 0.717) is 6.54 Å². The van der Waals surface area contributed by atoms with Crippen molar-refractivity contribution in [1.82, 2.24) is 10.6 Å². The first-order valence-electron chi connectivity index (χ1n) is 6.61. The van der Waals surface area contributed by atoms with Crippen molar-refractivity contribution in [3.05, 3.63) is 12.2 Å². The van der Waals surface area contributed by atoms with E-state index < -0.39 is 24.7 Å². The van der Waals surface area contributed by atoms with Crippen molar-refractivity contribution < 1.29 is 33.4 Å². The molecule has 1 rings (SSSR count). The standard InChI is InChI=1S/C13H18N2O7/c1-8(2)12(18)22-7-21-11(17)4-3-10(16)20-6-9-5-14-13(19)15-9/h3-4,8-9H,5-7H2,1-2H3,(H2,14,15,19)/b4-3+. The molecule has 9 heteroatoms. The van der Waals surface area contributed by atoms with E-state index >= 15 is 0 Å². The van der Waals surface area contributed by atoms with Crippen LogP contribution < -0.4 is 10.6 Å². The first-order chi connectivity index (χ1) is 10.4. The summed E-state index contributed by atoms with van der Waals surface area (Å²) in [7, 11) is 0. The molecule has 0 bridgehead atoms. The maximum atomic E-state index is 11.3. The molecule has 1 saturated heterocycles. The van der Waals surface area contributed by atoms with Crippen LogP contribution in [0.2, 0.25) is 0 Å². The van der Waals surface area contributed by atoms with Gasteiger partial charge in [0.1, 0.15) is 6.61 Å². The van der Waals surface area contributed by atoms with Crippen molar-refractivity contribution in [3.63, 3.8) is 0 Å². The van der Waals surface area contributed by atoms with Crippen LogP contribution in [0.4, 0.5) is 4.79 Å². The molecule has 2 amide bonds. The van der Waals surface area contributed by atoms with Crippen LogP contribution >= 0.6 is 0 Å². The molecule has 1 unspecified atom stereocenters. The molecular formula is C13H18N2O7. The molecule has 122 valence electrons. The van der Waals surface area contributed by atoms with Crippen LogP contribution in [-0.2, 0) is 28.6 Å². The number of esters is 3. The van der Waals surface area contributed by atoms with Crippen LogP contribution in [0.25, 0.3) is 0 Å². The lowest BCUT2D eigenvalue weighted by Crippen LogP contribution is -2.31. The van der Waals surface area contributed by atoms with Gasteiger partial charge in [-0.3, -0.25) is 4.79 Å². The van der Waals surface area contributed by atoms with E-state index in [1.807, 2.05) is 0 Å². The Balaban J connectivity index is 2.17. The Morgan fingerprint density at radius 3 is 2.36 bits per heavy atom. The van der Waals surface area contributed by atoms with E-state index in [4.69, 9.17) is 4.74 Å². The third-order valence-electron chi connectivity index (χ3n) is 2.50. The molecule has 0 radical (unpaired) electrons. The molecule has 0 saturated carbocycles. The molecule has 0 aromatic carbocycles. The summed E-state index contributed by atoms with van der Waals surface area (Å²) in [6.07, 6.45) is 1.74. The number of amides is 2. The van der Waals surface area contributed by atoms with Gasteiger partial charge in [-0.25, -0.2) is 14.4 Å². The highest BCUT2D eigenvalue weighted by atomic mass is 16.7. The molecule has 1 aliphatic rings. The average molecular weight is 314 g/mol. The highest BCUT2D eigenvalue weighted by Gasteiger charge is 2.20. The fourth-order valence-electron chi connectivity index (χ4n) is 1.33. The molecule has 0 spiro atoms. The molecule has 1 atom stereocenters. The van der Waals surface area contributed by atoms with Gasteiger partial charge in [0.05, 0.1) is 12.0 Å².